The molecule has 0 amide bonds. The number of aryl methyl sites for hydroxylation is 2. The van der Waals surface area contributed by atoms with Crippen molar-refractivity contribution in [3.63, 3.8) is 0 Å². The summed E-state index contributed by atoms with van der Waals surface area (Å²) in [6.07, 6.45) is 4.33. The molecule has 23 heavy (non-hydrogen) atoms. The van der Waals surface area contributed by atoms with Crippen LogP contribution in [0, 0.1) is 13.8 Å². The lowest BCUT2D eigenvalue weighted by atomic mass is 9.97. The van der Waals surface area contributed by atoms with Gasteiger partial charge in [-0.1, -0.05) is 18.6 Å². The van der Waals surface area contributed by atoms with Gasteiger partial charge in [0.15, 0.2) is 0 Å². The largest absolute Gasteiger partial charge is 0.422 e. The van der Waals surface area contributed by atoms with E-state index >= 15 is 0 Å². The van der Waals surface area contributed by atoms with Crippen molar-refractivity contribution in [2.24, 2.45) is 0 Å². The summed E-state index contributed by atoms with van der Waals surface area (Å²) >= 11 is 0. The molecule has 0 bridgehead atoms. The second-order valence-electron chi connectivity index (χ2n) is 6.61. The number of benzene rings is 1. The first-order chi connectivity index (χ1) is 11.1. The summed E-state index contributed by atoms with van der Waals surface area (Å²) < 4.78 is 5.46. The van der Waals surface area contributed by atoms with E-state index in [2.05, 4.69) is 17.0 Å². The van der Waals surface area contributed by atoms with Crippen LogP contribution >= 0.6 is 0 Å². The summed E-state index contributed by atoms with van der Waals surface area (Å²) in [6.45, 7) is 6.02. The molecule has 124 valence electrons. The van der Waals surface area contributed by atoms with Crippen LogP contribution in [-0.2, 0) is 6.54 Å². The highest BCUT2D eigenvalue weighted by Crippen LogP contribution is 2.27. The fourth-order valence-corrected chi connectivity index (χ4v) is 3.62. The van der Waals surface area contributed by atoms with Gasteiger partial charge in [0, 0.05) is 30.6 Å². The Bertz CT molecular complexity index is 748. The van der Waals surface area contributed by atoms with E-state index in [4.69, 9.17) is 4.42 Å². The van der Waals surface area contributed by atoms with Crippen molar-refractivity contribution in [1.82, 2.24) is 4.90 Å². The Morgan fingerprint density at radius 3 is 2.91 bits per heavy atom. The molecule has 0 unspecified atom stereocenters. The van der Waals surface area contributed by atoms with Crippen molar-refractivity contribution in [1.29, 1.82) is 0 Å². The summed E-state index contributed by atoms with van der Waals surface area (Å²) in [5.74, 6) is 0. The Morgan fingerprint density at radius 1 is 1.30 bits per heavy atom. The van der Waals surface area contributed by atoms with E-state index in [1.54, 1.807) is 6.07 Å². The molecule has 0 aliphatic carbocycles. The molecule has 0 spiro atoms. The third-order valence-electron chi connectivity index (χ3n) is 5.10. The van der Waals surface area contributed by atoms with Crippen molar-refractivity contribution in [2.75, 3.05) is 13.2 Å². The molecule has 1 aromatic heterocycles. The molecule has 1 aromatic carbocycles. The molecular formula is C19H25NO3. The molecule has 1 N–H and O–H groups in total. The first-order valence-electron chi connectivity index (χ1n) is 8.48. The molecule has 1 saturated heterocycles. The van der Waals surface area contributed by atoms with Gasteiger partial charge < -0.3 is 9.52 Å². The maximum Gasteiger partial charge on any atom is 0.336 e. The predicted octanol–water partition coefficient (Wildman–Crippen LogP) is 3.15. The van der Waals surface area contributed by atoms with Gasteiger partial charge >= 0.3 is 5.63 Å². The van der Waals surface area contributed by atoms with Gasteiger partial charge in [-0.3, -0.25) is 4.90 Å². The molecule has 1 atom stereocenters. The fraction of sp³-hybridized carbons (Fsp3) is 0.526. The number of likely N-dealkylation sites (tertiary alicyclic amines) is 1. The number of piperidine rings is 1. The fourth-order valence-electron chi connectivity index (χ4n) is 3.62. The first-order valence-corrected chi connectivity index (χ1v) is 8.48. The molecule has 2 aromatic rings. The standard InChI is InChI=1S/C19H25NO3/c1-13-6-7-17-15(11-18(22)23-19(17)14(13)2)12-20-9-4-3-5-16(20)8-10-21/h6-7,11,16,21H,3-5,8-10,12H2,1-2H3/t16-/m1/s1. The zero-order chi connectivity index (χ0) is 16.4. The molecule has 0 saturated carbocycles. The Morgan fingerprint density at radius 2 is 2.13 bits per heavy atom. The second kappa shape index (κ2) is 6.85. The minimum atomic E-state index is -0.281. The maximum atomic E-state index is 12.0. The number of rotatable bonds is 4. The molecule has 4 heteroatoms. The van der Waals surface area contributed by atoms with Gasteiger partial charge in [-0.15, -0.1) is 0 Å². The highest BCUT2D eigenvalue weighted by Gasteiger charge is 2.23. The summed E-state index contributed by atoms with van der Waals surface area (Å²) in [5.41, 5.74) is 3.63. The summed E-state index contributed by atoms with van der Waals surface area (Å²) in [6, 6.07) is 6.17. The van der Waals surface area contributed by atoms with Crippen LogP contribution < -0.4 is 5.63 Å². The molecular weight excluding hydrogens is 290 g/mol. The molecule has 3 rings (SSSR count). The highest BCUT2D eigenvalue weighted by molar-refractivity contribution is 5.83. The summed E-state index contributed by atoms with van der Waals surface area (Å²) in [7, 11) is 0. The van der Waals surface area contributed by atoms with E-state index in [-0.39, 0.29) is 12.2 Å². The predicted molar refractivity (Wildman–Crippen MR) is 91.7 cm³/mol. The average Bonchev–Trinajstić information content (AvgIpc) is 2.53. The number of hydrogen-bond acceptors (Lipinski definition) is 4. The van der Waals surface area contributed by atoms with Gasteiger partial charge in [-0.05, 0) is 56.3 Å². The molecule has 0 radical (unpaired) electrons. The molecule has 1 aliphatic heterocycles. The third-order valence-corrected chi connectivity index (χ3v) is 5.10. The van der Waals surface area contributed by atoms with E-state index in [1.165, 1.54) is 12.8 Å². The first kappa shape index (κ1) is 16.2. The van der Waals surface area contributed by atoms with Crippen molar-refractivity contribution < 1.29 is 9.52 Å². The van der Waals surface area contributed by atoms with E-state index < -0.39 is 0 Å². The van der Waals surface area contributed by atoms with Crippen LogP contribution in [0.5, 0.6) is 0 Å². The van der Waals surface area contributed by atoms with Crippen molar-refractivity contribution in [3.05, 3.63) is 45.3 Å². The molecule has 4 nitrogen and oxygen atoms in total. The Labute approximate surface area is 136 Å². The van der Waals surface area contributed by atoms with E-state index in [0.717, 1.165) is 48.0 Å². The van der Waals surface area contributed by atoms with Gasteiger partial charge in [0.1, 0.15) is 5.58 Å². The van der Waals surface area contributed by atoms with Crippen LogP contribution in [0.3, 0.4) is 0 Å². The Balaban J connectivity index is 1.99. The van der Waals surface area contributed by atoms with Crippen LogP contribution in [0.2, 0.25) is 0 Å². The van der Waals surface area contributed by atoms with Crippen molar-refractivity contribution >= 4 is 11.0 Å². The monoisotopic (exact) mass is 315 g/mol. The number of fused-ring (bicyclic) bond motifs is 1. The lowest BCUT2D eigenvalue weighted by molar-refractivity contribution is 0.113. The summed E-state index contributed by atoms with van der Waals surface area (Å²) in [5, 5.41) is 10.3. The number of hydrogen-bond donors (Lipinski definition) is 1. The minimum Gasteiger partial charge on any atom is -0.422 e. The maximum absolute atomic E-state index is 12.0. The normalized spacial score (nSPS) is 19.3. The quantitative estimate of drug-likeness (QED) is 0.881. The number of aliphatic hydroxyl groups excluding tert-OH is 1. The van der Waals surface area contributed by atoms with Gasteiger partial charge in [0.2, 0.25) is 0 Å². The van der Waals surface area contributed by atoms with Gasteiger partial charge in [-0.25, -0.2) is 4.79 Å². The SMILES string of the molecule is Cc1ccc2c(CN3CCCC[C@@H]3CCO)cc(=O)oc2c1C. The Hall–Kier alpha value is -1.65. The van der Waals surface area contributed by atoms with Gasteiger partial charge in [-0.2, -0.15) is 0 Å². The van der Waals surface area contributed by atoms with Crippen LogP contribution in [0.1, 0.15) is 42.4 Å². The molecule has 1 fully saturated rings. The second-order valence-corrected chi connectivity index (χ2v) is 6.61. The average molecular weight is 315 g/mol. The topological polar surface area (TPSA) is 53.7 Å². The Kier molecular flexibility index (Phi) is 4.83. The summed E-state index contributed by atoms with van der Waals surface area (Å²) in [4.78, 5) is 14.4. The molecule has 2 heterocycles. The highest BCUT2D eigenvalue weighted by atomic mass is 16.4. The van der Waals surface area contributed by atoms with Crippen LogP contribution in [-0.4, -0.2) is 29.2 Å². The van der Waals surface area contributed by atoms with E-state index in [0.29, 0.717) is 11.6 Å². The third kappa shape index (κ3) is 3.33. The minimum absolute atomic E-state index is 0.219. The zero-order valence-electron chi connectivity index (χ0n) is 14.0. The van der Waals surface area contributed by atoms with Crippen molar-refractivity contribution in [2.45, 2.75) is 52.1 Å². The number of aliphatic hydroxyl groups is 1. The zero-order valence-corrected chi connectivity index (χ0v) is 14.0. The van der Waals surface area contributed by atoms with E-state index in [9.17, 15) is 9.90 Å². The van der Waals surface area contributed by atoms with Crippen LogP contribution in [0.15, 0.2) is 27.4 Å². The molecule has 1 aliphatic rings. The lowest BCUT2D eigenvalue weighted by Gasteiger charge is -2.35. The van der Waals surface area contributed by atoms with E-state index in [1.807, 2.05) is 13.8 Å². The number of nitrogens with zero attached hydrogens (tertiary/aromatic N) is 1. The smallest absolute Gasteiger partial charge is 0.336 e. The lowest BCUT2D eigenvalue weighted by Crippen LogP contribution is -2.39. The van der Waals surface area contributed by atoms with Crippen LogP contribution in [0.4, 0.5) is 0 Å². The van der Waals surface area contributed by atoms with Gasteiger partial charge in [0.25, 0.3) is 0 Å². The van der Waals surface area contributed by atoms with Gasteiger partial charge in [0.05, 0.1) is 0 Å². The van der Waals surface area contributed by atoms with Crippen LogP contribution in [0.25, 0.3) is 11.0 Å². The van der Waals surface area contributed by atoms with Crippen molar-refractivity contribution in [3.8, 4) is 0 Å².